The first-order valence-electron chi connectivity index (χ1n) is 6.23. The summed E-state index contributed by atoms with van der Waals surface area (Å²) < 4.78 is 4.74. The summed E-state index contributed by atoms with van der Waals surface area (Å²) in [4.78, 5) is 11.4. The van der Waals surface area contributed by atoms with Gasteiger partial charge in [0.15, 0.2) is 0 Å². The Morgan fingerprint density at radius 3 is 2.41 bits per heavy atom. The van der Waals surface area contributed by atoms with Gasteiger partial charge in [0.2, 0.25) is 0 Å². The van der Waals surface area contributed by atoms with Gasteiger partial charge in [0, 0.05) is 0 Å². The summed E-state index contributed by atoms with van der Waals surface area (Å²) in [5, 5.41) is 0. The third kappa shape index (κ3) is 2.96. The zero-order valence-electron chi connectivity index (χ0n) is 10.0. The maximum Gasteiger partial charge on any atom is 0.342 e. The Hall–Kier alpha value is -1.57. The molecule has 1 saturated carbocycles. The summed E-state index contributed by atoms with van der Waals surface area (Å²) >= 11 is 0. The van der Waals surface area contributed by atoms with Crippen molar-refractivity contribution in [3.8, 4) is 0 Å². The molecule has 0 aliphatic heterocycles. The van der Waals surface area contributed by atoms with Gasteiger partial charge in [0.05, 0.1) is 11.8 Å². The minimum atomic E-state index is -0.338. The highest BCUT2D eigenvalue weighted by molar-refractivity contribution is 5.89. The second-order valence-electron chi connectivity index (χ2n) is 4.53. The average Bonchev–Trinajstić information content (AvgIpc) is 2.40. The molecule has 0 heterocycles. The molecule has 0 unspecified atom stereocenters. The third-order valence-corrected chi connectivity index (χ3v) is 3.41. The number of rotatable bonds is 3. The average molecular weight is 230 g/mol. The van der Waals surface area contributed by atoms with Crippen LogP contribution in [0.4, 0.5) is 0 Å². The van der Waals surface area contributed by atoms with Gasteiger partial charge in [-0.3, -0.25) is 0 Å². The topological polar surface area (TPSA) is 26.3 Å². The number of carbonyl (C=O) groups is 1. The summed E-state index contributed by atoms with van der Waals surface area (Å²) in [6.45, 7) is 3.37. The van der Waals surface area contributed by atoms with Crippen molar-refractivity contribution >= 4 is 5.97 Å². The van der Waals surface area contributed by atoms with Crippen molar-refractivity contribution in [1.82, 2.24) is 0 Å². The van der Waals surface area contributed by atoms with Gasteiger partial charge in [-0.25, -0.2) is 4.79 Å². The lowest BCUT2D eigenvalue weighted by Crippen LogP contribution is -2.05. The van der Waals surface area contributed by atoms with Gasteiger partial charge in [0.25, 0.3) is 0 Å². The maximum absolute atomic E-state index is 11.4. The molecule has 2 rings (SSSR count). The molecule has 0 spiro atoms. The number of hydrogen-bond donors (Lipinski definition) is 0. The van der Waals surface area contributed by atoms with E-state index in [9.17, 15) is 4.79 Å². The van der Waals surface area contributed by atoms with E-state index < -0.39 is 0 Å². The fraction of sp³-hybridized carbons (Fsp3) is 0.400. The number of ether oxygens (including phenoxy) is 1. The Balaban J connectivity index is 2.06. The second kappa shape index (κ2) is 5.67. The summed E-state index contributed by atoms with van der Waals surface area (Å²) in [6.07, 6.45) is 7.72. The maximum atomic E-state index is 11.4. The molecule has 0 atom stereocenters. The largest absolute Gasteiger partial charge is 0.432 e. The molecular weight excluding hydrogens is 212 g/mol. The van der Waals surface area contributed by atoms with Crippen LogP contribution in [0.1, 0.15) is 53.9 Å². The van der Waals surface area contributed by atoms with E-state index in [0.29, 0.717) is 11.5 Å². The lowest BCUT2D eigenvalue weighted by Gasteiger charge is -2.21. The molecule has 1 fully saturated rings. The highest BCUT2D eigenvalue weighted by Crippen LogP contribution is 2.32. The quantitative estimate of drug-likeness (QED) is 0.578. The van der Waals surface area contributed by atoms with Crippen molar-refractivity contribution in [2.75, 3.05) is 0 Å². The zero-order valence-corrected chi connectivity index (χ0v) is 10.0. The Morgan fingerprint density at radius 1 is 1.18 bits per heavy atom. The smallest absolute Gasteiger partial charge is 0.342 e. The van der Waals surface area contributed by atoms with E-state index in [1.54, 1.807) is 0 Å². The minimum Gasteiger partial charge on any atom is -0.432 e. The van der Waals surface area contributed by atoms with E-state index >= 15 is 0 Å². The standard InChI is InChI=1S/C15H18O2/c1-2-17-15(16)14-10-8-13(9-11-14)12-6-4-3-5-7-12/h2,8-12H,1,3-7H2. The number of hydrogen-bond acceptors (Lipinski definition) is 2. The number of carbonyl (C=O) groups excluding carboxylic acids is 1. The van der Waals surface area contributed by atoms with Gasteiger partial charge < -0.3 is 4.74 Å². The minimum absolute atomic E-state index is 0.338. The lowest BCUT2D eigenvalue weighted by atomic mass is 9.84. The lowest BCUT2D eigenvalue weighted by molar-refractivity contribution is 0.0664. The summed E-state index contributed by atoms with van der Waals surface area (Å²) in [5.41, 5.74) is 1.93. The molecule has 2 nitrogen and oxygen atoms in total. The Kier molecular flexibility index (Phi) is 3.97. The van der Waals surface area contributed by atoms with Crippen molar-refractivity contribution in [3.05, 3.63) is 48.2 Å². The number of benzene rings is 1. The van der Waals surface area contributed by atoms with Crippen molar-refractivity contribution in [2.24, 2.45) is 0 Å². The van der Waals surface area contributed by atoms with Crippen LogP contribution in [0.3, 0.4) is 0 Å². The van der Waals surface area contributed by atoms with Crippen LogP contribution in [0.5, 0.6) is 0 Å². The normalized spacial score (nSPS) is 16.5. The van der Waals surface area contributed by atoms with Crippen LogP contribution in [0.2, 0.25) is 0 Å². The van der Waals surface area contributed by atoms with Crippen LogP contribution in [-0.4, -0.2) is 5.97 Å². The van der Waals surface area contributed by atoms with E-state index in [-0.39, 0.29) is 5.97 Å². The van der Waals surface area contributed by atoms with E-state index in [0.717, 1.165) is 6.26 Å². The highest BCUT2D eigenvalue weighted by Gasteiger charge is 2.15. The second-order valence-corrected chi connectivity index (χ2v) is 4.53. The summed E-state index contributed by atoms with van der Waals surface area (Å²) in [6, 6.07) is 7.79. The van der Waals surface area contributed by atoms with E-state index in [1.165, 1.54) is 37.7 Å². The summed E-state index contributed by atoms with van der Waals surface area (Å²) in [7, 11) is 0. The van der Waals surface area contributed by atoms with E-state index in [2.05, 4.69) is 18.7 Å². The molecule has 0 bridgehead atoms. The Bertz CT molecular complexity index is 386. The van der Waals surface area contributed by atoms with Crippen LogP contribution >= 0.6 is 0 Å². The van der Waals surface area contributed by atoms with Crippen LogP contribution in [0, 0.1) is 0 Å². The molecule has 0 N–H and O–H groups in total. The third-order valence-electron chi connectivity index (χ3n) is 3.41. The van der Waals surface area contributed by atoms with Gasteiger partial charge in [-0.2, -0.15) is 0 Å². The van der Waals surface area contributed by atoms with Crippen molar-refractivity contribution in [3.63, 3.8) is 0 Å². The van der Waals surface area contributed by atoms with Gasteiger partial charge in [0.1, 0.15) is 0 Å². The Labute approximate surface area is 102 Å². The number of esters is 1. The summed E-state index contributed by atoms with van der Waals surface area (Å²) in [5.74, 6) is 0.336. The van der Waals surface area contributed by atoms with E-state index in [1.807, 2.05) is 12.1 Å². The van der Waals surface area contributed by atoms with Crippen molar-refractivity contribution in [2.45, 2.75) is 38.0 Å². The first-order valence-corrected chi connectivity index (χ1v) is 6.23. The van der Waals surface area contributed by atoms with Gasteiger partial charge in [-0.15, -0.1) is 0 Å². The predicted octanol–water partition coefficient (Wildman–Crippen LogP) is 4.03. The van der Waals surface area contributed by atoms with Gasteiger partial charge >= 0.3 is 5.97 Å². The fourth-order valence-corrected chi connectivity index (χ4v) is 2.47. The molecule has 1 aromatic carbocycles. The zero-order chi connectivity index (χ0) is 12.1. The fourth-order valence-electron chi connectivity index (χ4n) is 2.47. The van der Waals surface area contributed by atoms with Gasteiger partial charge in [-0.05, 0) is 36.5 Å². The highest BCUT2D eigenvalue weighted by atomic mass is 16.5. The molecule has 17 heavy (non-hydrogen) atoms. The van der Waals surface area contributed by atoms with Crippen LogP contribution in [-0.2, 0) is 4.74 Å². The Morgan fingerprint density at radius 2 is 1.82 bits per heavy atom. The first-order chi connectivity index (χ1) is 8.31. The molecule has 1 aliphatic carbocycles. The molecule has 0 radical (unpaired) electrons. The van der Waals surface area contributed by atoms with Crippen molar-refractivity contribution < 1.29 is 9.53 Å². The molecule has 2 heteroatoms. The van der Waals surface area contributed by atoms with Gasteiger partial charge in [-0.1, -0.05) is 38.0 Å². The molecule has 0 amide bonds. The van der Waals surface area contributed by atoms with Crippen LogP contribution in [0.25, 0.3) is 0 Å². The molecule has 0 saturated heterocycles. The molecule has 90 valence electrons. The molecule has 1 aliphatic rings. The molecular formula is C15H18O2. The van der Waals surface area contributed by atoms with E-state index in [4.69, 9.17) is 4.74 Å². The van der Waals surface area contributed by atoms with Crippen LogP contribution in [0.15, 0.2) is 37.1 Å². The predicted molar refractivity (Wildman–Crippen MR) is 67.9 cm³/mol. The first kappa shape index (κ1) is 11.9. The molecule has 0 aromatic heterocycles. The van der Waals surface area contributed by atoms with Crippen LogP contribution < -0.4 is 0 Å². The van der Waals surface area contributed by atoms with Crippen molar-refractivity contribution in [1.29, 1.82) is 0 Å². The molecule has 1 aromatic rings. The monoisotopic (exact) mass is 230 g/mol. The SMILES string of the molecule is C=COC(=O)c1ccc(C2CCCCC2)cc1.